The molecule has 4 heteroatoms. The number of esters is 1. The average Bonchev–Trinajstić information content (AvgIpc) is 2.54. The Hall–Kier alpha value is -2.36. The summed E-state index contributed by atoms with van der Waals surface area (Å²) in [6, 6.07) is 6.79. The third-order valence-electron chi connectivity index (χ3n) is 3.96. The highest BCUT2D eigenvalue weighted by molar-refractivity contribution is 5.85. The fraction of sp³-hybridized carbons (Fsp3) is 0.333. The van der Waals surface area contributed by atoms with Gasteiger partial charge in [0.2, 0.25) is 0 Å². The van der Waals surface area contributed by atoms with E-state index in [4.69, 9.17) is 9.84 Å². The number of ether oxygens (including phenoxy) is 1. The van der Waals surface area contributed by atoms with Crippen molar-refractivity contribution in [2.24, 2.45) is 11.8 Å². The van der Waals surface area contributed by atoms with E-state index in [-0.39, 0.29) is 11.9 Å². The first-order valence-corrected chi connectivity index (χ1v) is 7.44. The molecule has 0 aliphatic heterocycles. The Morgan fingerprint density at radius 1 is 1.14 bits per heavy atom. The number of rotatable bonds is 5. The fourth-order valence-electron chi connectivity index (χ4n) is 2.60. The van der Waals surface area contributed by atoms with Crippen LogP contribution in [0.4, 0.5) is 0 Å². The van der Waals surface area contributed by atoms with E-state index in [2.05, 4.69) is 6.58 Å². The van der Waals surface area contributed by atoms with Crippen LogP contribution in [0.25, 0.3) is 6.08 Å². The Morgan fingerprint density at radius 3 is 2.32 bits per heavy atom. The number of hydrogen-bond acceptors (Lipinski definition) is 3. The molecule has 0 unspecified atom stereocenters. The second-order valence-electron chi connectivity index (χ2n) is 5.51. The van der Waals surface area contributed by atoms with Crippen molar-refractivity contribution in [2.75, 3.05) is 0 Å². The number of hydrogen-bond donors (Lipinski definition) is 1. The van der Waals surface area contributed by atoms with Crippen molar-refractivity contribution in [1.82, 2.24) is 0 Å². The minimum atomic E-state index is -0.995. The molecule has 0 aromatic heterocycles. The summed E-state index contributed by atoms with van der Waals surface area (Å²) >= 11 is 0. The molecule has 1 aliphatic rings. The van der Waals surface area contributed by atoms with Gasteiger partial charge in [0.1, 0.15) is 5.75 Å². The monoisotopic (exact) mass is 300 g/mol. The lowest BCUT2D eigenvalue weighted by atomic mass is 9.82. The van der Waals surface area contributed by atoms with Crippen molar-refractivity contribution in [3.63, 3.8) is 0 Å². The van der Waals surface area contributed by atoms with Gasteiger partial charge in [0.15, 0.2) is 0 Å². The van der Waals surface area contributed by atoms with Crippen LogP contribution in [0.15, 0.2) is 43.0 Å². The highest BCUT2D eigenvalue weighted by Gasteiger charge is 2.26. The summed E-state index contributed by atoms with van der Waals surface area (Å²) in [7, 11) is 0. The Labute approximate surface area is 130 Å². The van der Waals surface area contributed by atoms with Gasteiger partial charge in [0.25, 0.3) is 0 Å². The minimum Gasteiger partial charge on any atom is -0.478 e. The number of carboxylic acids is 1. The first-order chi connectivity index (χ1) is 10.6. The van der Waals surface area contributed by atoms with Crippen LogP contribution in [0.5, 0.6) is 5.75 Å². The number of carboxylic acid groups (broad SMARTS) is 1. The van der Waals surface area contributed by atoms with Gasteiger partial charge >= 0.3 is 11.9 Å². The predicted molar refractivity (Wildman–Crippen MR) is 84.4 cm³/mol. The van der Waals surface area contributed by atoms with Gasteiger partial charge in [-0.1, -0.05) is 18.2 Å². The maximum Gasteiger partial charge on any atom is 0.328 e. The maximum atomic E-state index is 12.1. The van der Waals surface area contributed by atoms with E-state index in [1.54, 1.807) is 24.3 Å². The zero-order chi connectivity index (χ0) is 15.9. The highest BCUT2D eigenvalue weighted by atomic mass is 16.5. The fourth-order valence-corrected chi connectivity index (χ4v) is 2.60. The van der Waals surface area contributed by atoms with Gasteiger partial charge in [-0.3, -0.25) is 4.79 Å². The van der Waals surface area contributed by atoms with E-state index in [0.29, 0.717) is 11.7 Å². The summed E-state index contributed by atoms with van der Waals surface area (Å²) < 4.78 is 5.40. The van der Waals surface area contributed by atoms with E-state index < -0.39 is 5.97 Å². The minimum absolute atomic E-state index is 0.0391. The molecule has 2 rings (SSSR count). The van der Waals surface area contributed by atoms with Crippen molar-refractivity contribution < 1.29 is 19.4 Å². The zero-order valence-electron chi connectivity index (χ0n) is 12.4. The molecule has 0 bridgehead atoms. The van der Waals surface area contributed by atoms with Gasteiger partial charge in [-0.2, -0.15) is 0 Å². The lowest BCUT2D eigenvalue weighted by Crippen LogP contribution is -2.25. The molecule has 1 saturated carbocycles. The molecule has 1 aromatic carbocycles. The van der Waals surface area contributed by atoms with Crippen LogP contribution >= 0.6 is 0 Å². The summed E-state index contributed by atoms with van der Waals surface area (Å²) in [5, 5.41) is 8.57. The molecule has 0 spiro atoms. The van der Waals surface area contributed by atoms with Gasteiger partial charge < -0.3 is 9.84 Å². The molecule has 0 saturated heterocycles. The summed E-state index contributed by atoms with van der Waals surface area (Å²) in [6.45, 7) is 3.80. The summed E-state index contributed by atoms with van der Waals surface area (Å²) in [6.07, 6.45) is 8.18. The average molecular weight is 300 g/mol. The van der Waals surface area contributed by atoms with Gasteiger partial charge in [-0.05, 0) is 55.4 Å². The molecular formula is C18H20O4. The van der Waals surface area contributed by atoms with Crippen molar-refractivity contribution >= 4 is 18.0 Å². The number of allylic oxidation sites excluding steroid dienone is 1. The number of carbonyl (C=O) groups is 2. The molecule has 1 fully saturated rings. The normalized spacial score (nSPS) is 21.5. The summed E-state index contributed by atoms with van der Waals surface area (Å²) in [5.41, 5.74) is 0.744. The molecule has 0 atom stereocenters. The molecule has 1 aromatic rings. The van der Waals surface area contributed by atoms with Crippen LogP contribution in [0.1, 0.15) is 31.2 Å². The van der Waals surface area contributed by atoms with Gasteiger partial charge in [0.05, 0.1) is 5.92 Å². The molecule has 1 N–H and O–H groups in total. The Morgan fingerprint density at radius 2 is 1.77 bits per heavy atom. The largest absolute Gasteiger partial charge is 0.478 e. The van der Waals surface area contributed by atoms with Crippen molar-refractivity contribution in [3.05, 3.63) is 48.6 Å². The maximum absolute atomic E-state index is 12.1. The third-order valence-corrected chi connectivity index (χ3v) is 3.96. The van der Waals surface area contributed by atoms with Crippen LogP contribution in [0.3, 0.4) is 0 Å². The number of benzene rings is 1. The second-order valence-corrected chi connectivity index (χ2v) is 5.51. The van der Waals surface area contributed by atoms with Crippen LogP contribution in [0.2, 0.25) is 0 Å². The molecule has 0 radical (unpaired) electrons. The molecule has 4 nitrogen and oxygen atoms in total. The van der Waals surface area contributed by atoms with Crippen LogP contribution in [0, 0.1) is 11.8 Å². The molecule has 116 valence electrons. The van der Waals surface area contributed by atoms with Crippen LogP contribution in [-0.2, 0) is 9.59 Å². The molecule has 1 aliphatic carbocycles. The molecule has 22 heavy (non-hydrogen) atoms. The first kappa shape index (κ1) is 16.0. The smallest absolute Gasteiger partial charge is 0.328 e. The van der Waals surface area contributed by atoms with E-state index in [0.717, 1.165) is 37.3 Å². The van der Waals surface area contributed by atoms with Gasteiger partial charge in [-0.15, -0.1) is 6.58 Å². The number of aliphatic carboxylic acids is 1. The van der Waals surface area contributed by atoms with Crippen LogP contribution in [-0.4, -0.2) is 17.0 Å². The lowest BCUT2D eigenvalue weighted by Gasteiger charge is -2.24. The van der Waals surface area contributed by atoms with Crippen molar-refractivity contribution in [3.8, 4) is 5.75 Å². The summed E-state index contributed by atoms with van der Waals surface area (Å²) in [4.78, 5) is 22.6. The van der Waals surface area contributed by atoms with E-state index in [9.17, 15) is 9.59 Å². The molecule has 0 amide bonds. The van der Waals surface area contributed by atoms with Crippen molar-refractivity contribution in [1.29, 1.82) is 0 Å². The Balaban J connectivity index is 1.89. The van der Waals surface area contributed by atoms with E-state index in [1.165, 1.54) is 6.08 Å². The Bertz CT molecular complexity index is 563. The standard InChI is InChI=1S/C18H20O4/c1-2-13-3-8-15(9-4-13)18(21)22-16-10-5-14(6-11-16)7-12-17(19)20/h2,5-7,10-13,15H,1,3-4,8-9H2,(H,19,20)/b12-7+. The Kier molecular flexibility index (Phi) is 5.53. The second kappa shape index (κ2) is 7.59. The highest BCUT2D eigenvalue weighted by Crippen LogP contribution is 2.30. The van der Waals surface area contributed by atoms with E-state index in [1.807, 2.05) is 6.08 Å². The van der Waals surface area contributed by atoms with Gasteiger partial charge in [0, 0.05) is 6.08 Å². The van der Waals surface area contributed by atoms with Gasteiger partial charge in [-0.25, -0.2) is 4.79 Å². The third kappa shape index (κ3) is 4.58. The molecular weight excluding hydrogens is 280 g/mol. The topological polar surface area (TPSA) is 63.6 Å². The molecule has 0 heterocycles. The lowest BCUT2D eigenvalue weighted by molar-refractivity contribution is -0.140. The quantitative estimate of drug-likeness (QED) is 0.390. The SMILES string of the molecule is C=CC1CCC(C(=O)Oc2ccc(/C=C/C(=O)O)cc2)CC1. The number of carbonyl (C=O) groups excluding carboxylic acids is 1. The predicted octanol–water partition coefficient (Wildman–Crippen LogP) is 3.68. The van der Waals surface area contributed by atoms with E-state index >= 15 is 0 Å². The first-order valence-electron chi connectivity index (χ1n) is 7.44. The summed E-state index contributed by atoms with van der Waals surface area (Å²) in [5.74, 6) is -0.211. The van der Waals surface area contributed by atoms with Crippen LogP contribution < -0.4 is 4.74 Å². The zero-order valence-corrected chi connectivity index (χ0v) is 12.4. The van der Waals surface area contributed by atoms with Crippen molar-refractivity contribution in [2.45, 2.75) is 25.7 Å².